The van der Waals surface area contributed by atoms with E-state index in [2.05, 4.69) is 58.9 Å². The van der Waals surface area contributed by atoms with Gasteiger partial charge in [-0.3, -0.25) is 4.79 Å². The van der Waals surface area contributed by atoms with Crippen LogP contribution >= 0.6 is 15.9 Å². The van der Waals surface area contributed by atoms with E-state index < -0.39 is 10.0 Å². The fourth-order valence-corrected chi connectivity index (χ4v) is 6.90. The summed E-state index contributed by atoms with van der Waals surface area (Å²) in [6.45, 7) is 7.67. The molecule has 0 saturated carbocycles. The summed E-state index contributed by atoms with van der Waals surface area (Å²) in [7, 11) is -3.69. The molecule has 2 aliphatic heterocycles. The maximum atomic E-state index is 13.5. The normalized spacial score (nSPS) is 19.8. The van der Waals surface area contributed by atoms with Crippen molar-refractivity contribution in [1.29, 1.82) is 0 Å². The van der Waals surface area contributed by atoms with Gasteiger partial charge in [-0.2, -0.15) is 4.31 Å². The molecule has 1 atom stereocenters. The zero-order chi connectivity index (χ0) is 21.6. The molecule has 6 nitrogen and oxygen atoms in total. The van der Waals surface area contributed by atoms with Crippen molar-refractivity contribution in [2.24, 2.45) is 0 Å². The van der Waals surface area contributed by atoms with Crippen molar-refractivity contribution in [3.05, 3.63) is 52.0 Å². The molecule has 1 saturated heterocycles. The third-order valence-corrected chi connectivity index (χ3v) is 8.81. The van der Waals surface area contributed by atoms with E-state index >= 15 is 0 Å². The Balaban J connectivity index is 1.60. The SMILES string of the molecule is CC(=O)N1CCc2cc(Br)c(S(=O)(=O)N3CCN(c4ccc(C)cc4)C(C)C3)cc21. The summed E-state index contributed by atoms with van der Waals surface area (Å²) < 4.78 is 29.1. The lowest BCUT2D eigenvalue weighted by atomic mass is 10.1. The van der Waals surface area contributed by atoms with E-state index in [0.717, 1.165) is 17.7 Å². The first-order chi connectivity index (χ1) is 14.2. The first-order valence-corrected chi connectivity index (χ1v) is 12.4. The highest BCUT2D eigenvalue weighted by Gasteiger charge is 2.35. The third kappa shape index (κ3) is 3.76. The fraction of sp³-hybridized carbons (Fsp3) is 0.409. The Hall–Kier alpha value is -1.90. The van der Waals surface area contributed by atoms with Crippen LogP contribution in [0.25, 0.3) is 0 Å². The molecule has 1 fully saturated rings. The van der Waals surface area contributed by atoms with Gasteiger partial charge < -0.3 is 9.80 Å². The van der Waals surface area contributed by atoms with Gasteiger partial charge in [-0.1, -0.05) is 17.7 Å². The van der Waals surface area contributed by atoms with Gasteiger partial charge in [0.15, 0.2) is 0 Å². The molecule has 0 spiro atoms. The van der Waals surface area contributed by atoms with Crippen LogP contribution in [0, 0.1) is 6.92 Å². The number of aryl methyl sites for hydroxylation is 1. The van der Waals surface area contributed by atoms with E-state index in [-0.39, 0.29) is 16.8 Å². The van der Waals surface area contributed by atoms with Gasteiger partial charge in [-0.25, -0.2) is 8.42 Å². The maximum Gasteiger partial charge on any atom is 0.244 e. The molecule has 160 valence electrons. The lowest BCUT2D eigenvalue weighted by Gasteiger charge is -2.40. The van der Waals surface area contributed by atoms with Crippen LogP contribution in [-0.2, 0) is 21.2 Å². The van der Waals surface area contributed by atoms with Crippen molar-refractivity contribution in [3.63, 3.8) is 0 Å². The quantitative estimate of drug-likeness (QED) is 0.658. The summed E-state index contributed by atoms with van der Waals surface area (Å²) in [5.74, 6) is -0.0697. The Kier molecular flexibility index (Phi) is 5.67. The highest BCUT2D eigenvalue weighted by Crippen LogP contribution is 2.37. The van der Waals surface area contributed by atoms with Crippen LogP contribution in [0.3, 0.4) is 0 Å². The minimum Gasteiger partial charge on any atom is -0.366 e. The second-order valence-corrected chi connectivity index (χ2v) is 10.8. The number of piperazine rings is 1. The van der Waals surface area contributed by atoms with Crippen molar-refractivity contribution in [3.8, 4) is 0 Å². The predicted octanol–water partition coefficient (Wildman–Crippen LogP) is 3.57. The fourth-order valence-electron chi connectivity index (χ4n) is 4.31. The molecule has 2 aliphatic rings. The van der Waals surface area contributed by atoms with Gasteiger partial charge in [-0.05, 0) is 66.0 Å². The Bertz CT molecular complexity index is 1090. The number of amides is 1. The van der Waals surface area contributed by atoms with Crippen LogP contribution in [0.4, 0.5) is 11.4 Å². The summed E-state index contributed by atoms with van der Waals surface area (Å²) in [5.41, 5.74) is 4.01. The molecule has 2 heterocycles. The van der Waals surface area contributed by atoms with Gasteiger partial charge in [0, 0.05) is 55.0 Å². The Morgan fingerprint density at radius 2 is 1.80 bits per heavy atom. The highest BCUT2D eigenvalue weighted by atomic mass is 79.9. The first kappa shape index (κ1) is 21.3. The standard InChI is InChI=1S/C22H26BrN3O3S/c1-15-4-6-19(7-5-15)25-11-10-24(14-16(25)2)30(28,29)22-13-21-18(12-20(22)23)8-9-26(21)17(3)27/h4-7,12-13,16H,8-11,14H2,1-3H3. The van der Waals surface area contributed by atoms with Crippen LogP contribution in [0.5, 0.6) is 0 Å². The van der Waals surface area contributed by atoms with Crippen molar-refractivity contribution >= 4 is 43.2 Å². The lowest BCUT2D eigenvalue weighted by Crippen LogP contribution is -2.53. The molecule has 0 aromatic heterocycles. The number of nitrogens with zero attached hydrogens (tertiary/aromatic N) is 3. The zero-order valence-electron chi connectivity index (χ0n) is 17.4. The molecule has 2 aromatic carbocycles. The Labute approximate surface area is 186 Å². The molecule has 0 aliphatic carbocycles. The number of halogens is 1. The summed E-state index contributed by atoms with van der Waals surface area (Å²) in [6.07, 6.45) is 0.736. The number of anilines is 2. The number of hydrogen-bond acceptors (Lipinski definition) is 4. The summed E-state index contributed by atoms with van der Waals surface area (Å²) in [6, 6.07) is 11.9. The highest BCUT2D eigenvalue weighted by molar-refractivity contribution is 9.10. The minimum absolute atomic E-state index is 0.0538. The van der Waals surface area contributed by atoms with Gasteiger partial charge in [-0.15, -0.1) is 0 Å². The van der Waals surface area contributed by atoms with Crippen LogP contribution in [0.2, 0.25) is 0 Å². The number of benzene rings is 2. The van der Waals surface area contributed by atoms with E-state index in [1.165, 1.54) is 12.5 Å². The molecule has 1 amide bonds. The van der Waals surface area contributed by atoms with Crippen LogP contribution in [0.1, 0.15) is 25.0 Å². The molecular formula is C22H26BrN3O3S. The van der Waals surface area contributed by atoms with E-state index in [0.29, 0.717) is 36.3 Å². The minimum atomic E-state index is -3.69. The van der Waals surface area contributed by atoms with E-state index in [4.69, 9.17) is 0 Å². The van der Waals surface area contributed by atoms with Crippen molar-refractivity contribution in [2.45, 2.75) is 38.1 Å². The molecule has 2 aromatic rings. The molecule has 4 rings (SSSR count). The van der Waals surface area contributed by atoms with E-state index in [9.17, 15) is 13.2 Å². The topological polar surface area (TPSA) is 60.9 Å². The van der Waals surface area contributed by atoms with Gasteiger partial charge >= 0.3 is 0 Å². The molecule has 8 heteroatoms. The molecule has 0 radical (unpaired) electrons. The summed E-state index contributed by atoms with van der Waals surface area (Å²) in [4.78, 5) is 16.1. The van der Waals surface area contributed by atoms with Crippen molar-refractivity contribution in [1.82, 2.24) is 4.31 Å². The number of carbonyl (C=O) groups excluding carboxylic acids is 1. The van der Waals surface area contributed by atoms with Gasteiger partial charge in [0.25, 0.3) is 0 Å². The smallest absolute Gasteiger partial charge is 0.244 e. The third-order valence-electron chi connectivity index (χ3n) is 5.98. The summed E-state index contributed by atoms with van der Waals surface area (Å²) in [5, 5.41) is 0. The number of hydrogen-bond donors (Lipinski definition) is 0. The van der Waals surface area contributed by atoms with E-state index in [1.807, 2.05) is 6.07 Å². The predicted molar refractivity (Wildman–Crippen MR) is 123 cm³/mol. The number of carbonyl (C=O) groups is 1. The number of rotatable bonds is 3. The second-order valence-electron chi connectivity index (χ2n) is 8.07. The number of sulfonamides is 1. The average molecular weight is 492 g/mol. The van der Waals surface area contributed by atoms with Gasteiger partial charge in [0.1, 0.15) is 0 Å². The van der Waals surface area contributed by atoms with Crippen LogP contribution < -0.4 is 9.80 Å². The summed E-state index contributed by atoms with van der Waals surface area (Å²) >= 11 is 3.46. The van der Waals surface area contributed by atoms with Crippen LogP contribution in [0.15, 0.2) is 45.8 Å². The molecule has 30 heavy (non-hydrogen) atoms. The molecular weight excluding hydrogens is 466 g/mol. The van der Waals surface area contributed by atoms with Gasteiger partial charge in [0.2, 0.25) is 15.9 Å². The second kappa shape index (κ2) is 7.98. The van der Waals surface area contributed by atoms with Crippen LogP contribution in [-0.4, -0.2) is 50.9 Å². The Morgan fingerprint density at radius 3 is 2.43 bits per heavy atom. The maximum absolute atomic E-state index is 13.5. The molecule has 0 N–H and O–H groups in total. The molecule has 1 unspecified atom stereocenters. The zero-order valence-corrected chi connectivity index (χ0v) is 19.8. The number of fused-ring (bicyclic) bond motifs is 1. The Morgan fingerprint density at radius 1 is 1.10 bits per heavy atom. The average Bonchev–Trinajstić information content (AvgIpc) is 3.11. The van der Waals surface area contributed by atoms with Crippen molar-refractivity contribution < 1.29 is 13.2 Å². The monoisotopic (exact) mass is 491 g/mol. The van der Waals surface area contributed by atoms with Gasteiger partial charge in [0.05, 0.1) is 4.90 Å². The van der Waals surface area contributed by atoms with Crippen molar-refractivity contribution in [2.75, 3.05) is 36.0 Å². The first-order valence-electron chi connectivity index (χ1n) is 10.1. The molecule has 0 bridgehead atoms. The van der Waals surface area contributed by atoms with E-state index in [1.54, 1.807) is 15.3 Å². The largest absolute Gasteiger partial charge is 0.366 e. The lowest BCUT2D eigenvalue weighted by molar-refractivity contribution is -0.116.